The molecule has 48 heavy (non-hydrogen) atoms. The zero-order valence-corrected chi connectivity index (χ0v) is 28.7. The Bertz CT molecular complexity index is 2000. The van der Waals surface area contributed by atoms with E-state index in [2.05, 4.69) is 69.3 Å². The highest BCUT2D eigenvalue weighted by molar-refractivity contribution is 7.99. The van der Waals surface area contributed by atoms with Crippen LogP contribution >= 0.6 is 11.8 Å². The second-order valence-electron chi connectivity index (χ2n) is 11.8. The largest absolute Gasteiger partial charge is 0.462 e. The highest BCUT2D eigenvalue weighted by atomic mass is 32.2. The molecule has 242 valence electrons. The van der Waals surface area contributed by atoms with Crippen molar-refractivity contribution >= 4 is 28.5 Å². The maximum atomic E-state index is 12.8. The van der Waals surface area contributed by atoms with Gasteiger partial charge in [-0.25, -0.2) is 4.79 Å². The van der Waals surface area contributed by atoms with Crippen molar-refractivity contribution in [3.8, 4) is 34.8 Å². The Morgan fingerprint density at radius 1 is 0.812 bits per heavy atom. The van der Waals surface area contributed by atoms with Crippen LogP contribution in [0.3, 0.4) is 0 Å². The third-order valence-electron chi connectivity index (χ3n) is 8.30. The third-order valence-corrected chi connectivity index (χ3v) is 9.40. The van der Waals surface area contributed by atoms with E-state index in [0.29, 0.717) is 40.4 Å². The standard InChI is InChI=1S/C42H40N2O3S/c1-4-7-11-21-46-42(45)32-17-12-18-35(25-32)47-38-23-29(14-8-5-2)22-33-24-34(27-43)37(28-44)40(41(33)38)31-16-13-19-36(26-31)48-39-20-10-9-15-30(39)6-3/h9-10,12-13,15-20,22-26H,4-8,11,14,21H2,1-3H3. The fraction of sp³-hybridized carbons (Fsp3) is 0.262. The van der Waals surface area contributed by atoms with Crippen molar-refractivity contribution in [3.63, 3.8) is 0 Å². The summed E-state index contributed by atoms with van der Waals surface area (Å²) >= 11 is 1.68. The molecule has 0 fully saturated rings. The third kappa shape index (κ3) is 8.08. The summed E-state index contributed by atoms with van der Waals surface area (Å²) < 4.78 is 12.1. The number of hydrogen-bond acceptors (Lipinski definition) is 6. The topological polar surface area (TPSA) is 83.1 Å². The molecule has 0 atom stereocenters. The second-order valence-corrected chi connectivity index (χ2v) is 12.9. The Morgan fingerprint density at radius 3 is 2.40 bits per heavy atom. The highest BCUT2D eigenvalue weighted by Gasteiger charge is 2.21. The van der Waals surface area contributed by atoms with Gasteiger partial charge in [0.25, 0.3) is 0 Å². The van der Waals surface area contributed by atoms with Crippen LogP contribution in [0.1, 0.15) is 85.5 Å². The first-order valence-corrected chi connectivity index (χ1v) is 17.6. The van der Waals surface area contributed by atoms with Gasteiger partial charge in [-0.15, -0.1) is 0 Å². The van der Waals surface area contributed by atoms with Gasteiger partial charge < -0.3 is 9.47 Å². The monoisotopic (exact) mass is 652 g/mol. The molecule has 5 rings (SSSR count). The highest BCUT2D eigenvalue weighted by Crippen LogP contribution is 2.43. The number of nitrogens with zero attached hydrogens (tertiary/aromatic N) is 2. The van der Waals surface area contributed by atoms with Crippen LogP contribution in [0.4, 0.5) is 0 Å². The van der Waals surface area contributed by atoms with Crippen molar-refractivity contribution in [3.05, 3.63) is 119 Å². The molecule has 5 aromatic rings. The molecule has 6 heteroatoms. The predicted molar refractivity (Wildman–Crippen MR) is 194 cm³/mol. The molecule has 0 aliphatic heterocycles. The molecular formula is C42H40N2O3S. The molecule has 5 nitrogen and oxygen atoms in total. The maximum absolute atomic E-state index is 12.8. The number of fused-ring (bicyclic) bond motifs is 1. The number of nitriles is 2. The van der Waals surface area contributed by atoms with Gasteiger partial charge in [-0.05, 0) is 96.3 Å². The van der Waals surface area contributed by atoms with Crippen LogP contribution in [-0.2, 0) is 17.6 Å². The van der Waals surface area contributed by atoms with Crippen molar-refractivity contribution in [1.29, 1.82) is 10.5 Å². The normalized spacial score (nSPS) is 10.8. The molecule has 0 aromatic heterocycles. The van der Waals surface area contributed by atoms with Gasteiger partial charge in [-0.3, -0.25) is 0 Å². The molecule has 0 radical (unpaired) electrons. The van der Waals surface area contributed by atoms with Gasteiger partial charge in [0.1, 0.15) is 23.6 Å². The molecule has 0 amide bonds. The number of rotatable bonds is 14. The van der Waals surface area contributed by atoms with Crippen molar-refractivity contribution in [2.75, 3.05) is 6.61 Å². The minimum atomic E-state index is -0.386. The maximum Gasteiger partial charge on any atom is 0.338 e. The number of benzene rings is 5. The Hall–Kier alpha value is -5.04. The first kappa shape index (κ1) is 34.3. The molecule has 0 aliphatic carbocycles. The minimum Gasteiger partial charge on any atom is -0.462 e. The number of carbonyl (C=O) groups is 1. The SMILES string of the molecule is CCCCCOC(=O)c1cccc(Oc2cc(CCCC)cc3cc(C#N)c(C#N)c(-c4cccc(Sc5ccccc5CC)c4)c23)c1. The van der Waals surface area contributed by atoms with Gasteiger partial charge >= 0.3 is 5.97 Å². The van der Waals surface area contributed by atoms with Crippen LogP contribution in [0.5, 0.6) is 11.5 Å². The Labute approximate surface area is 288 Å². The molecule has 5 aromatic carbocycles. The van der Waals surface area contributed by atoms with Crippen LogP contribution in [0.25, 0.3) is 21.9 Å². The fourth-order valence-electron chi connectivity index (χ4n) is 5.82. The van der Waals surface area contributed by atoms with Crippen molar-refractivity contribution in [2.45, 2.75) is 75.5 Å². The summed E-state index contributed by atoms with van der Waals surface area (Å²) in [6.07, 6.45) is 6.68. The summed E-state index contributed by atoms with van der Waals surface area (Å²) in [7, 11) is 0. The average molecular weight is 653 g/mol. The van der Waals surface area contributed by atoms with E-state index in [4.69, 9.17) is 9.47 Å². The van der Waals surface area contributed by atoms with E-state index in [9.17, 15) is 15.3 Å². The van der Waals surface area contributed by atoms with E-state index in [1.165, 1.54) is 10.5 Å². The first-order chi connectivity index (χ1) is 23.5. The number of carbonyl (C=O) groups excluding carboxylic acids is 1. The van der Waals surface area contributed by atoms with Crippen LogP contribution in [-0.4, -0.2) is 12.6 Å². The Balaban J connectivity index is 1.65. The van der Waals surface area contributed by atoms with Gasteiger partial charge in [-0.1, -0.05) is 94.3 Å². The number of hydrogen-bond donors (Lipinski definition) is 0. The van der Waals surface area contributed by atoms with Crippen molar-refractivity contribution in [2.24, 2.45) is 0 Å². The molecule has 0 heterocycles. The summed E-state index contributed by atoms with van der Waals surface area (Å²) in [5.41, 5.74) is 4.86. The lowest BCUT2D eigenvalue weighted by atomic mass is 9.88. The zero-order chi connectivity index (χ0) is 33.9. The van der Waals surface area contributed by atoms with Crippen molar-refractivity contribution in [1.82, 2.24) is 0 Å². The van der Waals surface area contributed by atoms with Gasteiger partial charge in [0, 0.05) is 20.7 Å². The van der Waals surface area contributed by atoms with E-state index < -0.39 is 0 Å². The minimum absolute atomic E-state index is 0.302. The molecule has 0 aliphatic rings. The van der Waals surface area contributed by atoms with E-state index >= 15 is 0 Å². The summed E-state index contributed by atoms with van der Waals surface area (Å²) in [6.45, 7) is 6.79. The summed E-state index contributed by atoms with van der Waals surface area (Å²) in [5, 5.41) is 22.2. The lowest BCUT2D eigenvalue weighted by molar-refractivity contribution is 0.0497. The number of ether oxygens (including phenoxy) is 2. The predicted octanol–water partition coefficient (Wildman–Crippen LogP) is 11.4. The molecule has 0 bridgehead atoms. The average Bonchev–Trinajstić information content (AvgIpc) is 3.12. The van der Waals surface area contributed by atoms with E-state index in [-0.39, 0.29) is 5.97 Å². The van der Waals surface area contributed by atoms with Crippen LogP contribution in [0, 0.1) is 22.7 Å². The van der Waals surface area contributed by atoms with Gasteiger partial charge in [0.2, 0.25) is 0 Å². The van der Waals surface area contributed by atoms with E-state index in [1.807, 2.05) is 30.3 Å². The molecule has 0 spiro atoms. The smallest absolute Gasteiger partial charge is 0.338 e. The van der Waals surface area contributed by atoms with Gasteiger partial charge in [-0.2, -0.15) is 10.5 Å². The molecule has 0 N–H and O–H groups in total. The Kier molecular flexibility index (Phi) is 11.9. The summed E-state index contributed by atoms with van der Waals surface area (Å²) in [5.74, 6) is 0.668. The lowest BCUT2D eigenvalue weighted by Crippen LogP contribution is -2.06. The number of esters is 1. The first-order valence-electron chi connectivity index (χ1n) is 16.7. The van der Waals surface area contributed by atoms with Crippen molar-refractivity contribution < 1.29 is 14.3 Å². The molecule has 0 saturated carbocycles. The second kappa shape index (κ2) is 16.7. The van der Waals surface area contributed by atoms with Gasteiger partial charge in [0.15, 0.2) is 0 Å². The van der Waals surface area contributed by atoms with Crippen LogP contribution in [0.2, 0.25) is 0 Å². The lowest BCUT2D eigenvalue weighted by Gasteiger charge is -2.18. The fourth-order valence-corrected chi connectivity index (χ4v) is 6.89. The van der Waals surface area contributed by atoms with Crippen LogP contribution < -0.4 is 4.74 Å². The zero-order valence-electron chi connectivity index (χ0n) is 27.8. The quantitative estimate of drug-likeness (QED) is 0.0877. The molecule has 0 saturated heterocycles. The summed E-state index contributed by atoms with van der Waals surface area (Å²) in [4.78, 5) is 15.1. The molecular weight excluding hydrogens is 613 g/mol. The Morgan fingerprint density at radius 2 is 1.62 bits per heavy atom. The van der Waals surface area contributed by atoms with Crippen LogP contribution in [0.15, 0.2) is 101 Å². The van der Waals surface area contributed by atoms with Gasteiger partial charge in [0.05, 0.1) is 23.3 Å². The molecule has 0 unspecified atom stereocenters. The van der Waals surface area contributed by atoms with E-state index in [0.717, 1.165) is 71.7 Å². The number of unbranched alkanes of at least 4 members (excludes halogenated alkanes) is 3. The summed E-state index contributed by atoms with van der Waals surface area (Å²) in [6, 6.07) is 34.0. The van der Waals surface area contributed by atoms with E-state index in [1.54, 1.807) is 36.0 Å². The number of aryl methyl sites for hydroxylation is 2.